The van der Waals surface area contributed by atoms with E-state index >= 15 is 0 Å². The molecule has 2 aliphatic carbocycles. The molecular weight excluding hydrogens is 320 g/mol. The number of amides is 2. The number of allylic oxidation sites excluding steroid dienone is 5. The molecule has 2 heterocycles. The Balaban J connectivity index is 1.81. The molecule has 3 aliphatic rings. The van der Waals surface area contributed by atoms with Gasteiger partial charge in [-0.3, -0.25) is 0 Å². The van der Waals surface area contributed by atoms with E-state index in [1.165, 1.54) is 21.6 Å². The van der Waals surface area contributed by atoms with Crippen molar-refractivity contribution in [2.75, 3.05) is 18.8 Å². The van der Waals surface area contributed by atoms with Crippen LogP contribution in [0.4, 0.5) is 9.93 Å². The molecule has 0 atom stereocenters. The van der Waals surface area contributed by atoms with Crippen molar-refractivity contribution in [3.63, 3.8) is 0 Å². The lowest BCUT2D eigenvalue weighted by Gasteiger charge is -2.29. The van der Waals surface area contributed by atoms with E-state index in [0.717, 1.165) is 44.2 Å². The van der Waals surface area contributed by atoms with Gasteiger partial charge in [0.25, 0.3) is 0 Å². The number of fused-ring (bicyclic) bond motifs is 1. The largest absolute Gasteiger partial charge is 0.375 e. The van der Waals surface area contributed by atoms with Crippen LogP contribution in [0.15, 0.2) is 28.9 Å². The quantitative estimate of drug-likeness (QED) is 0.759. The molecule has 0 bridgehead atoms. The number of rotatable bonds is 0. The second-order valence-electron chi connectivity index (χ2n) is 6.59. The van der Waals surface area contributed by atoms with Crippen LogP contribution in [-0.4, -0.2) is 29.0 Å². The zero-order valence-corrected chi connectivity index (χ0v) is 14.5. The minimum atomic E-state index is -0.323. The highest BCUT2D eigenvalue weighted by molar-refractivity contribution is 7.15. The van der Waals surface area contributed by atoms with E-state index in [2.05, 4.69) is 17.1 Å². The second-order valence-corrected chi connectivity index (χ2v) is 7.70. The molecule has 126 valence electrons. The molecule has 24 heavy (non-hydrogen) atoms. The number of carbonyl (C=O) groups excluding carboxylic acids is 1. The van der Waals surface area contributed by atoms with Crippen molar-refractivity contribution >= 4 is 28.1 Å². The van der Waals surface area contributed by atoms with Gasteiger partial charge in [0.05, 0.1) is 5.69 Å². The minimum Gasteiger partial charge on any atom is -0.375 e. The SMILES string of the molecule is NC(=O)N1CCC(=C2C3=C(CCC=C3)CCc3sc(N)nc32)CC1. The van der Waals surface area contributed by atoms with E-state index in [1.807, 2.05) is 0 Å². The van der Waals surface area contributed by atoms with Crippen LogP contribution in [0, 0.1) is 0 Å². The average Bonchev–Trinajstić information content (AvgIpc) is 2.88. The Morgan fingerprint density at radius 3 is 2.67 bits per heavy atom. The van der Waals surface area contributed by atoms with Crippen LogP contribution in [0.2, 0.25) is 0 Å². The van der Waals surface area contributed by atoms with E-state index in [-0.39, 0.29) is 6.03 Å². The number of anilines is 1. The Hall–Kier alpha value is -2.08. The number of thiazole rings is 1. The number of nitrogens with two attached hydrogens (primary N) is 2. The van der Waals surface area contributed by atoms with Crippen molar-refractivity contribution in [2.24, 2.45) is 5.73 Å². The predicted molar refractivity (Wildman–Crippen MR) is 97.6 cm³/mol. The zero-order chi connectivity index (χ0) is 16.7. The van der Waals surface area contributed by atoms with E-state index in [0.29, 0.717) is 18.2 Å². The summed E-state index contributed by atoms with van der Waals surface area (Å²) in [5.41, 5.74) is 18.1. The molecule has 0 unspecified atom stereocenters. The van der Waals surface area contributed by atoms with Gasteiger partial charge in [0.15, 0.2) is 5.13 Å². The van der Waals surface area contributed by atoms with Gasteiger partial charge < -0.3 is 16.4 Å². The maximum atomic E-state index is 11.4. The van der Waals surface area contributed by atoms with Gasteiger partial charge in [0, 0.05) is 23.5 Å². The summed E-state index contributed by atoms with van der Waals surface area (Å²) in [5.74, 6) is 0. The predicted octanol–water partition coefficient (Wildman–Crippen LogP) is 3.25. The Labute approximate surface area is 145 Å². The average molecular weight is 342 g/mol. The summed E-state index contributed by atoms with van der Waals surface area (Å²) < 4.78 is 0. The van der Waals surface area contributed by atoms with E-state index < -0.39 is 0 Å². The number of likely N-dealkylation sites (tertiary alicyclic amines) is 1. The number of carbonyl (C=O) groups is 1. The standard InChI is InChI=1S/C18H22N4OS/c19-17-21-16-14(24-17)6-5-11-3-1-2-4-13(11)15(16)12-7-9-22(10-8-12)18(20)23/h2,4H,1,3,5-10H2,(H2,19,21)(H2,20,23). The van der Waals surface area contributed by atoms with Crippen molar-refractivity contribution in [1.29, 1.82) is 0 Å². The molecule has 2 amide bonds. The van der Waals surface area contributed by atoms with Gasteiger partial charge in [-0.15, -0.1) is 11.3 Å². The number of piperidine rings is 1. The van der Waals surface area contributed by atoms with Crippen LogP contribution in [0.5, 0.6) is 0 Å². The smallest absolute Gasteiger partial charge is 0.314 e. The Morgan fingerprint density at radius 1 is 1.12 bits per heavy atom. The van der Waals surface area contributed by atoms with Crippen molar-refractivity contribution in [3.05, 3.63) is 39.4 Å². The van der Waals surface area contributed by atoms with Crippen LogP contribution < -0.4 is 11.5 Å². The fraction of sp³-hybridized carbons (Fsp3) is 0.444. The molecule has 1 aromatic rings. The number of nitrogen functional groups attached to an aromatic ring is 1. The zero-order valence-electron chi connectivity index (χ0n) is 13.7. The minimum absolute atomic E-state index is 0.323. The molecule has 4 rings (SSSR count). The van der Waals surface area contributed by atoms with Gasteiger partial charge in [-0.25, -0.2) is 9.78 Å². The van der Waals surface area contributed by atoms with Crippen molar-refractivity contribution in [3.8, 4) is 0 Å². The summed E-state index contributed by atoms with van der Waals surface area (Å²) in [6, 6.07) is -0.323. The molecule has 0 saturated carbocycles. The number of urea groups is 1. The number of primary amides is 1. The first kappa shape index (κ1) is 15.4. The van der Waals surface area contributed by atoms with Crippen LogP contribution >= 0.6 is 11.3 Å². The molecule has 1 aliphatic heterocycles. The van der Waals surface area contributed by atoms with E-state index in [9.17, 15) is 4.79 Å². The number of hydrogen-bond donors (Lipinski definition) is 2. The second kappa shape index (κ2) is 6.09. The van der Waals surface area contributed by atoms with Gasteiger partial charge in [0.1, 0.15) is 0 Å². The lowest BCUT2D eigenvalue weighted by molar-refractivity contribution is 0.203. The normalized spacial score (nSPS) is 20.8. The van der Waals surface area contributed by atoms with Crippen LogP contribution in [-0.2, 0) is 6.42 Å². The summed E-state index contributed by atoms with van der Waals surface area (Å²) in [6.07, 6.45) is 10.6. The molecule has 5 nitrogen and oxygen atoms in total. The summed E-state index contributed by atoms with van der Waals surface area (Å²) >= 11 is 1.62. The third kappa shape index (κ3) is 2.65. The third-order valence-corrected chi connectivity index (χ3v) is 6.13. The molecule has 4 N–H and O–H groups in total. The van der Waals surface area contributed by atoms with Gasteiger partial charge in [-0.1, -0.05) is 23.3 Å². The number of hydrogen-bond acceptors (Lipinski definition) is 4. The molecule has 0 radical (unpaired) electrons. The fourth-order valence-corrected chi connectivity index (χ4v) is 4.80. The highest BCUT2D eigenvalue weighted by Crippen LogP contribution is 2.43. The number of aryl methyl sites for hydroxylation is 1. The molecule has 1 aromatic heterocycles. The summed E-state index contributed by atoms with van der Waals surface area (Å²) in [6.45, 7) is 1.38. The Kier molecular flexibility index (Phi) is 3.92. The summed E-state index contributed by atoms with van der Waals surface area (Å²) in [4.78, 5) is 19.1. The molecule has 1 fully saturated rings. The summed E-state index contributed by atoms with van der Waals surface area (Å²) in [5, 5.41) is 0.650. The monoisotopic (exact) mass is 342 g/mol. The van der Waals surface area contributed by atoms with Crippen molar-refractivity contribution in [1.82, 2.24) is 9.88 Å². The Bertz CT molecular complexity index is 777. The molecule has 1 saturated heterocycles. The lowest BCUT2D eigenvalue weighted by Crippen LogP contribution is -2.40. The molecular formula is C18H22N4OS. The first-order valence-electron chi connectivity index (χ1n) is 8.54. The maximum Gasteiger partial charge on any atom is 0.314 e. The maximum absolute atomic E-state index is 11.4. The third-order valence-electron chi connectivity index (χ3n) is 5.18. The number of nitrogens with zero attached hydrogens (tertiary/aromatic N) is 2. The molecule has 6 heteroatoms. The highest BCUT2D eigenvalue weighted by Gasteiger charge is 2.28. The number of aromatic nitrogens is 1. The Morgan fingerprint density at radius 2 is 1.92 bits per heavy atom. The summed E-state index contributed by atoms with van der Waals surface area (Å²) in [7, 11) is 0. The molecule has 0 aromatic carbocycles. The van der Waals surface area contributed by atoms with Crippen molar-refractivity contribution in [2.45, 2.75) is 38.5 Å². The lowest BCUT2D eigenvalue weighted by atomic mass is 9.85. The van der Waals surface area contributed by atoms with E-state index in [4.69, 9.17) is 11.5 Å². The topological polar surface area (TPSA) is 85.2 Å². The van der Waals surface area contributed by atoms with Crippen LogP contribution in [0.3, 0.4) is 0 Å². The van der Waals surface area contributed by atoms with Crippen LogP contribution in [0.25, 0.3) is 5.57 Å². The highest BCUT2D eigenvalue weighted by atomic mass is 32.1. The van der Waals surface area contributed by atoms with E-state index in [1.54, 1.807) is 21.8 Å². The van der Waals surface area contributed by atoms with Gasteiger partial charge in [-0.2, -0.15) is 0 Å². The first-order chi connectivity index (χ1) is 11.6. The van der Waals surface area contributed by atoms with Crippen LogP contribution in [0.1, 0.15) is 42.7 Å². The first-order valence-corrected chi connectivity index (χ1v) is 9.36. The van der Waals surface area contributed by atoms with Gasteiger partial charge in [0.2, 0.25) is 0 Å². The van der Waals surface area contributed by atoms with Gasteiger partial charge >= 0.3 is 6.03 Å². The van der Waals surface area contributed by atoms with Gasteiger partial charge in [-0.05, 0) is 44.1 Å². The van der Waals surface area contributed by atoms with Crippen molar-refractivity contribution < 1.29 is 4.79 Å². The molecule has 0 spiro atoms. The fourth-order valence-electron chi connectivity index (χ4n) is 3.96.